The quantitative estimate of drug-likeness (QED) is 0.117. The van der Waals surface area contributed by atoms with E-state index in [2.05, 4.69) is 13.8 Å². The molecule has 2 aromatic carbocycles. The van der Waals surface area contributed by atoms with Gasteiger partial charge in [0.25, 0.3) is 20.2 Å². The molecule has 0 saturated heterocycles. The van der Waals surface area contributed by atoms with Crippen LogP contribution >= 0.6 is 23.2 Å². The van der Waals surface area contributed by atoms with E-state index >= 15 is 0 Å². The lowest BCUT2D eigenvalue weighted by Crippen LogP contribution is -2.12. The van der Waals surface area contributed by atoms with Crippen LogP contribution in [0.2, 0.25) is 10.0 Å². The highest BCUT2D eigenvalue weighted by atomic mass is 35.5. The molecule has 10 heteroatoms. The molecule has 0 bridgehead atoms. The highest BCUT2D eigenvalue weighted by Crippen LogP contribution is 2.37. The highest BCUT2D eigenvalue weighted by Gasteiger charge is 2.27. The van der Waals surface area contributed by atoms with Crippen LogP contribution in [0.3, 0.4) is 0 Å². The van der Waals surface area contributed by atoms with E-state index in [9.17, 15) is 16.8 Å². The van der Waals surface area contributed by atoms with Crippen molar-refractivity contribution in [2.24, 2.45) is 0 Å². The second kappa shape index (κ2) is 16.8. The van der Waals surface area contributed by atoms with Crippen LogP contribution in [0.25, 0.3) is 11.1 Å². The van der Waals surface area contributed by atoms with E-state index in [4.69, 9.17) is 31.6 Å². The molecule has 0 saturated carbocycles. The zero-order valence-corrected chi connectivity index (χ0v) is 25.5. The number of rotatable bonds is 19. The zero-order chi connectivity index (χ0) is 28.0. The second-order valence-corrected chi connectivity index (χ2v) is 13.4. The Kier molecular flexibility index (Phi) is 14.6. The van der Waals surface area contributed by atoms with E-state index in [1.165, 1.54) is 36.4 Å². The molecule has 0 aliphatic rings. The highest BCUT2D eigenvalue weighted by molar-refractivity contribution is 7.87. The van der Waals surface area contributed by atoms with Gasteiger partial charge in [-0.3, -0.25) is 8.37 Å². The van der Waals surface area contributed by atoms with Crippen molar-refractivity contribution in [1.82, 2.24) is 0 Å². The molecule has 0 aliphatic heterocycles. The summed E-state index contributed by atoms with van der Waals surface area (Å²) in [6, 6.07) is 8.50. The molecular formula is C28H40Cl2O6S2. The molecule has 38 heavy (non-hydrogen) atoms. The van der Waals surface area contributed by atoms with Gasteiger partial charge in [-0.05, 0) is 37.1 Å². The lowest BCUT2D eigenvalue weighted by Gasteiger charge is -2.15. The molecule has 6 nitrogen and oxygen atoms in total. The Morgan fingerprint density at radius 1 is 0.553 bits per heavy atom. The van der Waals surface area contributed by atoms with Crippen LogP contribution in [0.5, 0.6) is 0 Å². The molecule has 0 amide bonds. The van der Waals surface area contributed by atoms with Crippen molar-refractivity contribution in [1.29, 1.82) is 0 Å². The molecule has 0 spiro atoms. The van der Waals surface area contributed by atoms with Crippen molar-refractivity contribution < 1.29 is 25.2 Å². The molecular weight excluding hydrogens is 567 g/mol. The molecule has 0 N–H and O–H groups in total. The van der Waals surface area contributed by atoms with E-state index in [1.54, 1.807) is 0 Å². The van der Waals surface area contributed by atoms with E-state index in [0.29, 0.717) is 12.8 Å². The number of halogens is 2. The number of benzene rings is 2. The predicted octanol–water partition coefficient (Wildman–Crippen LogP) is 8.79. The molecule has 0 heterocycles. The van der Waals surface area contributed by atoms with Gasteiger partial charge in [-0.25, -0.2) is 0 Å². The van der Waals surface area contributed by atoms with Crippen LogP contribution in [0.15, 0.2) is 46.2 Å². The minimum atomic E-state index is -4.22. The average Bonchev–Trinajstić information content (AvgIpc) is 2.87. The van der Waals surface area contributed by atoms with E-state index in [1.807, 2.05) is 0 Å². The summed E-state index contributed by atoms with van der Waals surface area (Å²) in [6.45, 7) is 4.34. The molecule has 0 aliphatic carbocycles. The first-order valence-electron chi connectivity index (χ1n) is 13.5. The van der Waals surface area contributed by atoms with Gasteiger partial charge in [-0.1, -0.05) is 113 Å². The molecule has 2 aromatic rings. The van der Waals surface area contributed by atoms with Gasteiger partial charge in [0.05, 0.1) is 13.2 Å². The third-order valence-corrected chi connectivity index (χ3v) is 9.37. The van der Waals surface area contributed by atoms with Crippen molar-refractivity contribution >= 4 is 43.4 Å². The van der Waals surface area contributed by atoms with Gasteiger partial charge in [-0.2, -0.15) is 16.8 Å². The SMILES string of the molecule is CCCCCCCCOS(=O)(=O)c1cc(Cl)ccc1-c1ccc(Cl)cc1S(=O)(=O)OCCCCCCCC. The average molecular weight is 608 g/mol. The Balaban J connectivity index is 2.25. The zero-order valence-electron chi connectivity index (χ0n) is 22.4. The minimum absolute atomic E-state index is 0.0353. The Morgan fingerprint density at radius 2 is 0.895 bits per heavy atom. The Bertz CT molecular complexity index is 1120. The minimum Gasteiger partial charge on any atom is -0.266 e. The fourth-order valence-corrected chi connectivity index (χ4v) is 6.92. The van der Waals surface area contributed by atoms with Crippen molar-refractivity contribution in [3.8, 4) is 11.1 Å². The fraction of sp³-hybridized carbons (Fsp3) is 0.571. The summed E-state index contributed by atoms with van der Waals surface area (Å²) in [5.41, 5.74) is 0.298. The van der Waals surface area contributed by atoms with Gasteiger partial charge in [-0.15, -0.1) is 0 Å². The molecule has 0 fully saturated rings. The maximum atomic E-state index is 13.2. The lowest BCUT2D eigenvalue weighted by molar-refractivity contribution is 0.305. The van der Waals surface area contributed by atoms with E-state index in [-0.39, 0.29) is 44.2 Å². The number of unbranched alkanes of at least 4 members (excludes halogenated alkanes) is 10. The summed E-state index contributed by atoms with van der Waals surface area (Å²) in [5, 5.41) is 0.376. The first-order valence-corrected chi connectivity index (χ1v) is 17.1. The number of hydrogen-bond donors (Lipinski definition) is 0. The van der Waals surface area contributed by atoms with Gasteiger partial charge in [0.15, 0.2) is 0 Å². The summed E-state index contributed by atoms with van der Waals surface area (Å²) < 4.78 is 63.3. The van der Waals surface area contributed by atoms with Gasteiger partial charge >= 0.3 is 0 Å². The monoisotopic (exact) mass is 606 g/mol. The summed E-state index contributed by atoms with van der Waals surface area (Å²) in [6.07, 6.45) is 11.8. The summed E-state index contributed by atoms with van der Waals surface area (Å²) in [7, 11) is -8.43. The first-order chi connectivity index (χ1) is 18.1. The second-order valence-electron chi connectivity index (χ2n) is 9.37. The molecule has 0 atom stereocenters. The fourth-order valence-electron chi connectivity index (χ4n) is 4.08. The summed E-state index contributed by atoms with van der Waals surface area (Å²) >= 11 is 12.3. The largest absolute Gasteiger partial charge is 0.297 e. The normalized spacial score (nSPS) is 12.2. The molecule has 214 valence electrons. The van der Waals surface area contributed by atoms with Crippen LogP contribution < -0.4 is 0 Å². The van der Waals surface area contributed by atoms with Crippen LogP contribution in [0, 0.1) is 0 Å². The number of hydrogen-bond acceptors (Lipinski definition) is 6. The Hall–Kier alpha value is -1.16. The van der Waals surface area contributed by atoms with Gasteiger partial charge in [0.1, 0.15) is 9.79 Å². The van der Waals surface area contributed by atoms with E-state index < -0.39 is 20.2 Å². The maximum absolute atomic E-state index is 13.2. The molecule has 2 rings (SSSR count). The van der Waals surface area contributed by atoms with Crippen molar-refractivity contribution in [2.45, 2.75) is 101 Å². The molecule has 0 radical (unpaired) electrons. The maximum Gasteiger partial charge on any atom is 0.297 e. The summed E-state index contributed by atoms with van der Waals surface area (Å²) in [5.74, 6) is 0. The van der Waals surface area contributed by atoms with Crippen molar-refractivity contribution in [3.05, 3.63) is 46.4 Å². The third kappa shape index (κ3) is 10.8. The Labute approximate surface area is 239 Å². The van der Waals surface area contributed by atoms with Gasteiger partial charge < -0.3 is 0 Å². The first kappa shape index (κ1) is 33.0. The van der Waals surface area contributed by atoms with Gasteiger partial charge in [0.2, 0.25) is 0 Å². The predicted molar refractivity (Wildman–Crippen MR) is 155 cm³/mol. The van der Waals surface area contributed by atoms with Crippen LogP contribution in [0.1, 0.15) is 90.9 Å². The summed E-state index contributed by atoms with van der Waals surface area (Å²) in [4.78, 5) is -0.406. The van der Waals surface area contributed by atoms with E-state index in [0.717, 1.165) is 64.2 Å². The van der Waals surface area contributed by atoms with Crippen LogP contribution in [0.4, 0.5) is 0 Å². The van der Waals surface area contributed by atoms with Crippen molar-refractivity contribution in [2.75, 3.05) is 13.2 Å². The molecule has 0 aromatic heterocycles. The van der Waals surface area contributed by atoms with Crippen LogP contribution in [-0.4, -0.2) is 30.0 Å². The topological polar surface area (TPSA) is 86.7 Å². The lowest BCUT2D eigenvalue weighted by atomic mass is 10.1. The van der Waals surface area contributed by atoms with Gasteiger partial charge in [0, 0.05) is 21.2 Å². The smallest absolute Gasteiger partial charge is 0.266 e. The third-order valence-electron chi connectivity index (χ3n) is 6.19. The van der Waals surface area contributed by atoms with Crippen molar-refractivity contribution in [3.63, 3.8) is 0 Å². The van der Waals surface area contributed by atoms with Crippen LogP contribution in [-0.2, 0) is 28.6 Å². The standard InChI is InChI=1S/C28H40Cl2O6S2/c1-3-5-7-9-11-13-19-35-37(31,32)27-21-23(29)15-17-25(27)26-18-16-24(30)22-28(26)38(33,34)36-20-14-12-10-8-6-4-2/h15-18,21-22H,3-14,19-20H2,1-2H3. The Morgan fingerprint density at radius 3 is 1.26 bits per heavy atom. The molecule has 0 unspecified atom stereocenters.